The fourth-order valence-corrected chi connectivity index (χ4v) is 11.6. The molecule has 2 N–H and O–H groups in total. The van der Waals surface area contributed by atoms with E-state index in [0.717, 1.165) is 78.0 Å². The van der Waals surface area contributed by atoms with Crippen molar-refractivity contribution >= 4 is 69.6 Å². The zero-order valence-electron chi connectivity index (χ0n) is 35.2. The maximum atomic E-state index is 15.1. The predicted octanol–water partition coefficient (Wildman–Crippen LogP) is 10.9. The number of thioether (sulfide) groups is 2. The molecule has 6 aromatic rings. The summed E-state index contributed by atoms with van der Waals surface area (Å²) in [4.78, 5) is 42.8. The van der Waals surface area contributed by atoms with Crippen molar-refractivity contribution in [1.29, 1.82) is 0 Å². The van der Waals surface area contributed by atoms with Crippen LogP contribution >= 0.6 is 57.8 Å². The number of aromatic nitrogens is 2. The summed E-state index contributed by atoms with van der Waals surface area (Å²) in [6.45, 7) is 11.3. The van der Waals surface area contributed by atoms with E-state index in [0.29, 0.717) is 42.2 Å². The van der Waals surface area contributed by atoms with Crippen LogP contribution in [-0.2, 0) is 22.7 Å². The highest BCUT2D eigenvalue weighted by Crippen LogP contribution is 2.38. The second kappa shape index (κ2) is 20.2. The Morgan fingerprint density at radius 2 is 1.35 bits per heavy atom. The first-order valence-electron chi connectivity index (χ1n) is 21.0. The van der Waals surface area contributed by atoms with Crippen molar-refractivity contribution in [3.8, 4) is 42.0 Å². The minimum Gasteiger partial charge on any atom is -0.359 e. The van der Waals surface area contributed by atoms with Gasteiger partial charge in [0.15, 0.2) is 0 Å². The van der Waals surface area contributed by atoms with Crippen LogP contribution in [-0.4, -0.2) is 81.9 Å². The first-order valence-corrected chi connectivity index (χ1v) is 24.7. The average Bonchev–Trinajstić information content (AvgIpc) is 3.93. The van der Waals surface area contributed by atoms with E-state index in [-0.39, 0.29) is 29.5 Å². The van der Waals surface area contributed by atoms with Gasteiger partial charge in [-0.05, 0) is 53.4 Å². The minimum atomic E-state index is -0.255. The van der Waals surface area contributed by atoms with Crippen LogP contribution in [0, 0.1) is 17.7 Å². The number of rotatable bonds is 17. The Balaban J connectivity index is 0.731. The maximum absolute atomic E-state index is 15.1. The fourth-order valence-electron chi connectivity index (χ4n) is 7.61. The Bertz CT molecular complexity index is 2500. The van der Waals surface area contributed by atoms with Gasteiger partial charge in [0.05, 0.1) is 26.6 Å². The molecule has 0 radical (unpaired) electrons. The molecule has 1 atom stereocenters. The number of carbonyl (C=O) groups excluding carboxylic acids is 2. The van der Waals surface area contributed by atoms with Crippen molar-refractivity contribution < 1.29 is 14.0 Å². The lowest BCUT2D eigenvalue weighted by atomic mass is 9.98. The van der Waals surface area contributed by atoms with Crippen LogP contribution in [0.5, 0.6) is 0 Å². The summed E-state index contributed by atoms with van der Waals surface area (Å²) in [6.07, 6.45) is 4.65. The predicted molar refractivity (Wildman–Crippen MR) is 256 cm³/mol. The highest BCUT2D eigenvalue weighted by Gasteiger charge is 2.33. The number of carbonyl (C=O) groups is 2. The molecular formula is C48H50ClFN6O2S4. The number of hydrogen-bond acceptors (Lipinski definition) is 10. The van der Waals surface area contributed by atoms with E-state index in [9.17, 15) is 9.59 Å². The Morgan fingerprint density at radius 3 is 2.00 bits per heavy atom. The lowest BCUT2D eigenvalue weighted by Gasteiger charge is -2.38. The van der Waals surface area contributed by atoms with Crippen LogP contribution in [0.2, 0.25) is 5.02 Å². The lowest BCUT2D eigenvalue weighted by Crippen LogP contribution is -2.53. The molecular weight excluding hydrogens is 875 g/mol. The Labute approximate surface area is 385 Å². The molecule has 62 heavy (non-hydrogen) atoms. The third-order valence-corrected chi connectivity index (χ3v) is 16.0. The number of nitrogens with one attached hydrogen (secondary N) is 2. The van der Waals surface area contributed by atoms with Gasteiger partial charge in [-0.25, -0.2) is 14.4 Å². The molecule has 2 aliphatic rings. The first-order chi connectivity index (χ1) is 30.0. The van der Waals surface area contributed by atoms with Gasteiger partial charge in [0, 0.05) is 102 Å². The van der Waals surface area contributed by atoms with Crippen molar-refractivity contribution in [2.24, 2.45) is 11.8 Å². The Hall–Kier alpha value is -4.08. The van der Waals surface area contributed by atoms with Crippen molar-refractivity contribution in [3.05, 3.63) is 119 Å². The minimum absolute atomic E-state index is 0.0172. The molecule has 0 saturated carbocycles. The van der Waals surface area contributed by atoms with Gasteiger partial charge in [0.1, 0.15) is 15.8 Å². The molecule has 0 aliphatic carbocycles. The molecule has 4 heterocycles. The average molecular weight is 926 g/mol. The second-order valence-electron chi connectivity index (χ2n) is 16.3. The summed E-state index contributed by atoms with van der Waals surface area (Å²) in [5, 5.41) is 9.20. The van der Waals surface area contributed by atoms with Crippen LogP contribution in [0.1, 0.15) is 38.3 Å². The van der Waals surface area contributed by atoms with Gasteiger partial charge in [-0.1, -0.05) is 87.0 Å². The number of halogens is 2. The van der Waals surface area contributed by atoms with Gasteiger partial charge in [0.25, 0.3) is 0 Å². The molecule has 2 aliphatic heterocycles. The van der Waals surface area contributed by atoms with Crippen LogP contribution in [0.25, 0.3) is 42.0 Å². The van der Waals surface area contributed by atoms with Crippen LogP contribution in [0.4, 0.5) is 4.39 Å². The molecule has 4 aromatic carbocycles. The zero-order valence-corrected chi connectivity index (χ0v) is 39.2. The third-order valence-electron chi connectivity index (χ3n) is 11.1. The molecule has 322 valence electrons. The van der Waals surface area contributed by atoms with Crippen molar-refractivity contribution in [2.45, 2.75) is 60.6 Å². The monoisotopic (exact) mass is 924 g/mol. The summed E-state index contributed by atoms with van der Waals surface area (Å²) >= 11 is 13.4. The van der Waals surface area contributed by atoms with E-state index < -0.39 is 0 Å². The van der Waals surface area contributed by atoms with E-state index in [4.69, 9.17) is 16.6 Å². The molecule has 1 unspecified atom stereocenters. The third kappa shape index (κ3) is 11.0. The second-order valence-corrected chi connectivity index (χ2v) is 21.9. The highest BCUT2D eigenvalue weighted by atomic mass is 35.5. The molecule has 8 nitrogen and oxygen atoms in total. The molecule has 2 fully saturated rings. The Kier molecular flexibility index (Phi) is 14.5. The van der Waals surface area contributed by atoms with Gasteiger partial charge >= 0.3 is 0 Å². The quantitative estimate of drug-likeness (QED) is 0.0875. The van der Waals surface area contributed by atoms with Gasteiger partial charge in [-0.2, -0.15) is 0 Å². The first kappa shape index (κ1) is 44.5. The summed E-state index contributed by atoms with van der Waals surface area (Å²) in [7, 11) is 1.64. The zero-order chi connectivity index (χ0) is 43.3. The summed E-state index contributed by atoms with van der Waals surface area (Å²) in [6, 6.07) is 28.6. The number of nitrogens with zero attached hydrogens (tertiary/aromatic N) is 4. The largest absolute Gasteiger partial charge is 0.359 e. The van der Waals surface area contributed by atoms with Gasteiger partial charge in [-0.3, -0.25) is 19.4 Å². The number of benzene rings is 4. The standard InChI is InChI=1S/C48H50ClFN6O2S4/c1-29(2)59-42-16-13-34(19-40(42)49)44-22-53-47(62-44)33-7-5-31(6-8-33)23-55-27-38(28-55)46(58)52-18-17-30(3)60-39-14-11-32(12-15-39)43-21-54-48(61-43)35-9-10-36(41(50)20-35)24-56-25-37(26-56)45(57)51-4/h5-16,19-22,29-30,37-38H,17-18,23-28H2,1-4H3,(H,51,57)(H,52,58). The maximum Gasteiger partial charge on any atom is 0.225 e. The van der Waals surface area contributed by atoms with Crippen LogP contribution < -0.4 is 10.6 Å². The van der Waals surface area contributed by atoms with Crippen LogP contribution in [0.15, 0.2) is 107 Å². The molecule has 2 aromatic heterocycles. The van der Waals surface area contributed by atoms with E-state index in [1.165, 1.54) is 10.5 Å². The summed E-state index contributed by atoms with van der Waals surface area (Å²) < 4.78 is 15.1. The summed E-state index contributed by atoms with van der Waals surface area (Å²) in [5.41, 5.74) is 5.85. The van der Waals surface area contributed by atoms with E-state index in [1.807, 2.05) is 30.6 Å². The topological polar surface area (TPSA) is 90.5 Å². The molecule has 8 rings (SSSR count). The van der Waals surface area contributed by atoms with Gasteiger partial charge in [-0.15, -0.1) is 46.2 Å². The number of hydrogen-bond donors (Lipinski definition) is 2. The smallest absolute Gasteiger partial charge is 0.225 e. The van der Waals surface area contributed by atoms with Crippen LogP contribution in [0.3, 0.4) is 0 Å². The van der Waals surface area contributed by atoms with Crippen molar-refractivity contribution in [3.63, 3.8) is 0 Å². The van der Waals surface area contributed by atoms with E-state index >= 15 is 4.39 Å². The SMILES string of the molecule is CNC(=O)C1CN(Cc2ccc(-c3ncc(-c4ccc(SC(C)CCNC(=O)C5CN(Cc6ccc(-c7ncc(-c8ccc(SC(C)C)c(Cl)c8)s7)cc6)C5)cc4)s3)cc2F)C1. The number of thiazole rings is 2. The summed E-state index contributed by atoms with van der Waals surface area (Å²) in [5.74, 6) is -0.0700. The molecule has 14 heteroatoms. The number of amides is 2. The lowest BCUT2D eigenvalue weighted by molar-refractivity contribution is -0.131. The van der Waals surface area contributed by atoms with Crippen molar-refractivity contribution in [1.82, 2.24) is 30.4 Å². The van der Waals surface area contributed by atoms with E-state index in [2.05, 4.69) is 107 Å². The van der Waals surface area contributed by atoms with Gasteiger partial charge < -0.3 is 10.6 Å². The molecule has 0 bridgehead atoms. The molecule has 2 saturated heterocycles. The fraction of sp³-hybridized carbons (Fsp3) is 0.333. The van der Waals surface area contributed by atoms with Crippen molar-refractivity contribution in [2.75, 3.05) is 39.8 Å². The van der Waals surface area contributed by atoms with Gasteiger partial charge in [0.2, 0.25) is 11.8 Å². The molecule has 2 amide bonds. The number of likely N-dealkylation sites (tertiary alicyclic amines) is 2. The molecule has 0 spiro atoms. The normalized spacial score (nSPS) is 15.3. The highest BCUT2D eigenvalue weighted by molar-refractivity contribution is 8.00. The Morgan fingerprint density at radius 1 is 0.758 bits per heavy atom. The van der Waals surface area contributed by atoms with E-state index in [1.54, 1.807) is 59.3 Å².